The standard InChI is InChI=1S/C13H17N3O/c1-3-4-9(2)13(17)16-12-6-5-10(8-14)7-11(12)15/h5-7,9H,3-4,15H2,1-2H3,(H,16,17). The van der Waals surface area contributed by atoms with Gasteiger partial charge in [-0.3, -0.25) is 4.79 Å². The van der Waals surface area contributed by atoms with Crippen LogP contribution in [0.4, 0.5) is 11.4 Å². The first-order valence-corrected chi connectivity index (χ1v) is 5.69. The lowest BCUT2D eigenvalue weighted by atomic mass is 10.1. The van der Waals surface area contributed by atoms with Gasteiger partial charge in [-0.15, -0.1) is 0 Å². The van der Waals surface area contributed by atoms with Gasteiger partial charge in [-0.1, -0.05) is 20.3 Å². The van der Waals surface area contributed by atoms with Gasteiger partial charge in [-0.25, -0.2) is 0 Å². The third kappa shape index (κ3) is 3.49. The molecule has 0 aliphatic rings. The van der Waals surface area contributed by atoms with Crippen LogP contribution in [0.3, 0.4) is 0 Å². The highest BCUT2D eigenvalue weighted by atomic mass is 16.1. The van der Waals surface area contributed by atoms with Gasteiger partial charge in [0.2, 0.25) is 5.91 Å². The van der Waals surface area contributed by atoms with E-state index in [0.29, 0.717) is 16.9 Å². The van der Waals surface area contributed by atoms with Crippen LogP contribution in [-0.2, 0) is 4.79 Å². The van der Waals surface area contributed by atoms with Crippen molar-refractivity contribution in [1.29, 1.82) is 5.26 Å². The molecule has 17 heavy (non-hydrogen) atoms. The first kappa shape index (κ1) is 13.0. The third-order valence-electron chi connectivity index (χ3n) is 2.61. The molecule has 1 atom stereocenters. The van der Waals surface area contributed by atoms with Gasteiger partial charge in [0.05, 0.1) is 23.0 Å². The Morgan fingerprint density at radius 2 is 2.29 bits per heavy atom. The minimum absolute atomic E-state index is 0.0324. The maximum absolute atomic E-state index is 11.8. The molecule has 1 unspecified atom stereocenters. The van der Waals surface area contributed by atoms with E-state index in [1.165, 1.54) is 0 Å². The van der Waals surface area contributed by atoms with E-state index >= 15 is 0 Å². The quantitative estimate of drug-likeness (QED) is 0.781. The molecule has 3 N–H and O–H groups in total. The van der Waals surface area contributed by atoms with Crippen molar-refractivity contribution in [2.45, 2.75) is 26.7 Å². The van der Waals surface area contributed by atoms with E-state index in [1.54, 1.807) is 18.2 Å². The summed E-state index contributed by atoms with van der Waals surface area (Å²) in [6.07, 6.45) is 1.82. The van der Waals surface area contributed by atoms with Gasteiger partial charge in [-0.05, 0) is 24.6 Å². The smallest absolute Gasteiger partial charge is 0.227 e. The fraction of sp³-hybridized carbons (Fsp3) is 0.385. The van der Waals surface area contributed by atoms with Crippen molar-refractivity contribution in [1.82, 2.24) is 0 Å². The number of nitrogens with zero attached hydrogens (tertiary/aromatic N) is 1. The maximum Gasteiger partial charge on any atom is 0.227 e. The average molecular weight is 231 g/mol. The van der Waals surface area contributed by atoms with E-state index < -0.39 is 0 Å². The van der Waals surface area contributed by atoms with Gasteiger partial charge in [0, 0.05) is 5.92 Å². The summed E-state index contributed by atoms with van der Waals surface area (Å²) in [6.45, 7) is 3.93. The highest BCUT2D eigenvalue weighted by Crippen LogP contribution is 2.20. The monoisotopic (exact) mass is 231 g/mol. The summed E-state index contributed by atoms with van der Waals surface area (Å²) < 4.78 is 0. The number of amides is 1. The van der Waals surface area contributed by atoms with Crippen molar-refractivity contribution in [3.63, 3.8) is 0 Å². The van der Waals surface area contributed by atoms with E-state index in [9.17, 15) is 4.79 Å². The number of carbonyl (C=O) groups is 1. The van der Waals surface area contributed by atoms with Crippen molar-refractivity contribution in [3.05, 3.63) is 23.8 Å². The first-order chi connectivity index (χ1) is 8.08. The van der Waals surface area contributed by atoms with Crippen LogP contribution in [0.2, 0.25) is 0 Å². The van der Waals surface area contributed by atoms with Crippen molar-refractivity contribution < 1.29 is 4.79 Å². The van der Waals surface area contributed by atoms with Crippen molar-refractivity contribution >= 4 is 17.3 Å². The van der Waals surface area contributed by atoms with Crippen molar-refractivity contribution in [2.24, 2.45) is 5.92 Å². The van der Waals surface area contributed by atoms with Crippen LogP contribution in [0.15, 0.2) is 18.2 Å². The second-order valence-electron chi connectivity index (χ2n) is 4.09. The van der Waals surface area contributed by atoms with Gasteiger partial charge in [0.15, 0.2) is 0 Å². The number of nitriles is 1. The van der Waals surface area contributed by atoms with Gasteiger partial charge in [0.1, 0.15) is 0 Å². The van der Waals surface area contributed by atoms with Crippen LogP contribution >= 0.6 is 0 Å². The van der Waals surface area contributed by atoms with Crippen LogP contribution < -0.4 is 11.1 Å². The molecule has 0 aliphatic heterocycles. The number of carbonyl (C=O) groups excluding carboxylic acids is 1. The summed E-state index contributed by atoms with van der Waals surface area (Å²) in [5, 5.41) is 11.5. The van der Waals surface area contributed by atoms with E-state index in [0.717, 1.165) is 12.8 Å². The molecular formula is C13H17N3O. The second-order valence-corrected chi connectivity index (χ2v) is 4.09. The molecular weight excluding hydrogens is 214 g/mol. The maximum atomic E-state index is 11.8. The number of nitrogens with two attached hydrogens (primary N) is 1. The van der Waals surface area contributed by atoms with Crippen LogP contribution in [-0.4, -0.2) is 5.91 Å². The van der Waals surface area contributed by atoms with E-state index in [2.05, 4.69) is 5.32 Å². The third-order valence-corrected chi connectivity index (χ3v) is 2.61. The molecule has 0 aliphatic carbocycles. The van der Waals surface area contributed by atoms with Crippen molar-refractivity contribution in [2.75, 3.05) is 11.1 Å². The highest BCUT2D eigenvalue weighted by Gasteiger charge is 2.13. The van der Waals surface area contributed by atoms with Gasteiger partial charge in [-0.2, -0.15) is 5.26 Å². The fourth-order valence-electron chi connectivity index (χ4n) is 1.57. The van der Waals surface area contributed by atoms with Crippen LogP contribution in [0.1, 0.15) is 32.3 Å². The lowest BCUT2D eigenvalue weighted by Crippen LogP contribution is -2.20. The van der Waals surface area contributed by atoms with Crippen molar-refractivity contribution in [3.8, 4) is 6.07 Å². The summed E-state index contributed by atoms with van der Waals surface area (Å²) in [6, 6.07) is 6.85. The van der Waals surface area contributed by atoms with Crippen LogP contribution in [0.25, 0.3) is 0 Å². The lowest BCUT2D eigenvalue weighted by Gasteiger charge is -2.12. The molecule has 0 spiro atoms. The minimum atomic E-state index is -0.0387. The van der Waals surface area contributed by atoms with E-state index in [4.69, 9.17) is 11.0 Å². The molecule has 0 aromatic heterocycles. The number of nitrogens with one attached hydrogen (secondary N) is 1. The first-order valence-electron chi connectivity index (χ1n) is 5.69. The Hall–Kier alpha value is -2.02. The average Bonchev–Trinajstić information content (AvgIpc) is 2.31. The Balaban J connectivity index is 2.76. The molecule has 0 saturated heterocycles. The minimum Gasteiger partial charge on any atom is -0.397 e. The Bertz CT molecular complexity index is 448. The Kier molecular flexibility index (Phi) is 4.53. The highest BCUT2D eigenvalue weighted by molar-refractivity contribution is 5.95. The number of rotatable bonds is 4. The molecule has 0 saturated carbocycles. The second kappa shape index (κ2) is 5.90. The summed E-state index contributed by atoms with van der Waals surface area (Å²) >= 11 is 0. The normalized spacial score (nSPS) is 11.6. The Morgan fingerprint density at radius 3 is 2.82 bits per heavy atom. The number of hydrogen-bond acceptors (Lipinski definition) is 3. The van der Waals surface area contributed by atoms with E-state index in [-0.39, 0.29) is 11.8 Å². The predicted molar refractivity (Wildman–Crippen MR) is 68.3 cm³/mol. The van der Waals surface area contributed by atoms with Crippen LogP contribution in [0.5, 0.6) is 0 Å². The Labute approximate surface area is 101 Å². The number of nitrogen functional groups attached to an aromatic ring is 1. The zero-order chi connectivity index (χ0) is 12.8. The summed E-state index contributed by atoms with van der Waals surface area (Å²) in [4.78, 5) is 11.8. The molecule has 0 bridgehead atoms. The SMILES string of the molecule is CCCC(C)C(=O)Nc1ccc(C#N)cc1N. The molecule has 0 heterocycles. The fourth-order valence-corrected chi connectivity index (χ4v) is 1.57. The lowest BCUT2D eigenvalue weighted by molar-refractivity contribution is -0.119. The number of benzene rings is 1. The largest absolute Gasteiger partial charge is 0.397 e. The molecule has 0 radical (unpaired) electrons. The summed E-state index contributed by atoms with van der Waals surface area (Å²) in [5.41, 5.74) is 7.23. The topological polar surface area (TPSA) is 78.9 Å². The molecule has 90 valence electrons. The van der Waals surface area contributed by atoms with E-state index in [1.807, 2.05) is 19.9 Å². The predicted octanol–water partition coefficient (Wildman–Crippen LogP) is 2.52. The summed E-state index contributed by atoms with van der Waals surface area (Å²) in [7, 11) is 0. The molecule has 1 aromatic rings. The zero-order valence-corrected chi connectivity index (χ0v) is 10.2. The van der Waals surface area contributed by atoms with Gasteiger partial charge < -0.3 is 11.1 Å². The molecule has 0 fully saturated rings. The number of hydrogen-bond donors (Lipinski definition) is 2. The zero-order valence-electron chi connectivity index (χ0n) is 10.2. The Morgan fingerprint density at radius 1 is 1.59 bits per heavy atom. The van der Waals surface area contributed by atoms with Crippen LogP contribution in [0, 0.1) is 17.2 Å². The molecule has 1 amide bonds. The number of anilines is 2. The van der Waals surface area contributed by atoms with Gasteiger partial charge in [0.25, 0.3) is 0 Å². The molecule has 1 aromatic carbocycles. The summed E-state index contributed by atoms with van der Waals surface area (Å²) in [5.74, 6) is -0.0710. The molecule has 1 rings (SSSR count). The molecule has 4 heteroatoms. The molecule has 4 nitrogen and oxygen atoms in total. The van der Waals surface area contributed by atoms with Gasteiger partial charge >= 0.3 is 0 Å².